The maximum absolute atomic E-state index is 6.13. The van der Waals surface area contributed by atoms with Crippen molar-refractivity contribution in [3.05, 3.63) is 56.5 Å². The van der Waals surface area contributed by atoms with Crippen LogP contribution in [0.5, 0.6) is 0 Å². The molecule has 3 rings (SSSR count). The Kier molecular flexibility index (Phi) is 4.03. The van der Waals surface area contributed by atoms with Crippen LogP contribution < -0.4 is 5.32 Å². The first-order chi connectivity index (χ1) is 9.63. The SMILES string of the molecule is Clc1cc(Cl)c(NCc2nc3ccccc3s2)c(Cl)c1. The molecule has 1 aromatic heterocycles. The Hall–Kier alpha value is -1.00. The molecular formula is C14H9Cl3N2S. The van der Waals surface area contributed by atoms with Crippen LogP contribution in [0.3, 0.4) is 0 Å². The van der Waals surface area contributed by atoms with Crippen molar-refractivity contribution in [1.29, 1.82) is 0 Å². The number of hydrogen-bond acceptors (Lipinski definition) is 3. The molecule has 0 spiro atoms. The van der Waals surface area contributed by atoms with Gasteiger partial charge in [0.15, 0.2) is 0 Å². The monoisotopic (exact) mass is 342 g/mol. The van der Waals surface area contributed by atoms with Crippen LogP contribution in [0.4, 0.5) is 5.69 Å². The number of rotatable bonds is 3. The summed E-state index contributed by atoms with van der Waals surface area (Å²) in [7, 11) is 0. The highest BCUT2D eigenvalue weighted by Crippen LogP contribution is 2.34. The first-order valence-electron chi connectivity index (χ1n) is 5.86. The molecular weight excluding hydrogens is 335 g/mol. The fourth-order valence-electron chi connectivity index (χ4n) is 1.87. The molecule has 0 atom stereocenters. The summed E-state index contributed by atoms with van der Waals surface area (Å²) in [6, 6.07) is 11.4. The smallest absolute Gasteiger partial charge is 0.113 e. The standard InChI is InChI=1S/C14H9Cl3N2S/c15-8-5-9(16)14(10(17)6-8)18-7-13-19-11-3-1-2-4-12(11)20-13/h1-6,18H,7H2. The lowest BCUT2D eigenvalue weighted by Crippen LogP contribution is -2.00. The Bertz CT molecular complexity index is 714. The molecule has 3 aromatic rings. The molecule has 0 aliphatic carbocycles. The van der Waals surface area contributed by atoms with Gasteiger partial charge in [0.1, 0.15) is 5.01 Å². The van der Waals surface area contributed by atoms with Crippen molar-refractivity contribution >= 4 is 62.0 Å². The minimum absolute atomic E-state index is 0.503. The second-order valence-corrected chi connectivity index (χ2v) is 6.54. The summed E-state index contributed by atoms with van der Waals surface area (Å²) in [5.74, 6) is 0. The van der Waals surface area contributed by atoms with Crippen molar-refractivity contribution in [1.82, 2.24) is 4.98 Å². The van der Waals surface area contributed by atoms with E-state index >= 15 is 0 Å². The van der Waals surface area contributed by atoms with Crippen LogP contribution in [0.25, 0.3) is 10.2 Å². The largest absolute Gasteiger partial charge is 0.376 e. The van der Waals surface area contributed by atoms with Crippen molar-refractivity contribution in [3.8, 4) is 0 Å². The molecule has 2 nitrogen and oxygen atoms in total. The number of nitrogens with one attached hydrogen (secondary N) is 1. The maximum Gasteiger partial charge on any atom is 0.113 e. The molecule has 1 N–H and O–H groups in total. The maximum atomic E-state index is 6.13. The molecule has 20 heavy (non-hydrogen) atoms. The number of anilines is 1. The van der Waals surface area contributed by atoms with E-state index in [-0.39, 0.29) is 0 Å². The zero-order chi connectivity index (χ0) is 14.1. The molecule has 0 saturated heterocycles. The molecule has 6 heteroatoms. The van der Waals surface area contributed by atoms with Crippen LogP contribution in [-0.4, -0.2) is 4.98 Å². The van der Waals surface area contributed by atoms with E-state index in [0.717, 1.165) is 15.2 Å². The van der Waals surface area contributed by atoms with Crippen molar-refractivity contribution in [3.63, 3.8) is 0 Å². The topological polar surface area (TPSA) is 24.9 Å². The number of hydrogen-bond donors (Lipinski definition) is 1. The quantitative estimate of drug-likeness (QED) is 0.643. The zero-order valence-electron chi connectivity index (χ0n) is 10.2. The van der Waals surface area contributed by atoms with E-state index in [9.17, 15) is 0 Å². The van der Waals surface area contributed by atoms with Crippen molar-refractivity contribution in [2.75, 3.05) is 5.32 Å². The highest BCUT2D eigenvalue weighted by molar-refractivity contribution is 7.18. The van der Waals surface area contributed by atoms with Gasteiger partial charge in [-0.1, -0.05) is 46.9 Å². The van der Waals surface area contributed by atoms with Gasteiger partial charge in [-0.2, -0.15) is 0 Å². The summed E-state index contributed by atoms with van der Waals surface area (Å²) in [5, 5.41) is 5.72. The van der Waals surface area contributed by atoms with E-state index in [1.165, 1.54) is 0 Å². The molecule has 0 fully saturated rings. The summed E-state index contributed by atoms with van der Waals surface area (Å²) < 4.78 is 1.16. The molecule has 0 bridgehead atoms. The van der Waals surface area contributed by atoms with Gasteiger partial charge in [-0.05, 0) is 24.3 Å². The second-order valence-electron chi connectivity index (χ2n) is 4.17. The lowest BCUT2D eigenvalue weighted by atomic mass is 10.3. The highest BCUT2D eigenvalue weighted by atomic mass is 35.5. The summed E-state index contributed by atoms with van der Waals surface area (Å²) in [5.41, 5.74) is 1.68. The number of para-hydroxylation sites is 1. The van der Waals surface area contributed by atoms with Crippen molar-refractivity contribution in [2.45, 2.75) is 6.54 Å². The molecule has 0 radical (unpaired) electrons. The van der Waals surface area contributed by atoms with Crippen molar-refractivity contribution < 1.29 is 0 Å². The van der Waals surface area contributed by atoms with E-state index in [0.29, 0.717) is 27.3 Å². The summed E-state index contributed by atoms with van der Waals surface area (Å²) >= 11 is 19.8. The molecule has 0 unspecified atom stereocenters. The molecule has 2 aromatic carbocycles. The average molecular weight is 344 g/mol. The Morgan fingerprint density at radius 2 is 1.75 bits per heavy atom. The van der Waals surface area contributed by atoms with E-state index < -0.39 is 0 Å². The van der Waals surface area contributed by atoms with Gasteiger partial charge in [0, 0.05) is 5.02 Å². The minimum atomic E-state index is 0.503. The predicted octanol–water partition coefficient (Wildman–Crippen LogP) is 5.87. The van der Waals surface area contributed by atoms with E-state index in [4.69, 9.17) is 34.8 Å². The summed E-state index contributed by atoms with van der Waals surface area (Å²) in [6.45, 7) is 0.570. The summed E-state index contributed by atoms with van der Waals surface area (Å²) in [6.07, 6.45) is 0. The molecule has 0 aliphatic heterocycles. The molecule has 1 heterocycles. The third-order valence-corrected chi connectivity index (χ3v) is 4.61. The van der Waals surface area contributed by atoms with Gasteiger partial charge in [0.2, 0.25) is 0 Å². The van der Waals surface area contributed by atoms with Gasteiger partial charge < -0.3 is 5.32 Å². The first kappa shape index (κ1) is 14.0. The van der Waals surface area contributed by atoms with Gasteiger partial charge in [-0.25, -0.2) is 4.98 Å². The Balaban J connectivity index is 1.83. The molecule has 102 valence electrons. The Morgan fingerprint density at radius 1 is 1.05 bits per heavy atom. The van der Waals surface area contributed by atoms with Crippen LogP contribution in [-0.2, 0) is 6.54 Å². The van der Waals surface area contributed by atoms with Crippen LogP contribution in [0, 0.1) is 0 Å². The second kappa shape index (κ2) is 5.78. The lowest BCUT2D eigenvalue weighted by Gasteiger charge is -2.09. The third kappa shape index (κ3) is 2.86. The number of aromatic nitrogens is 1. The normalized spacial score (nSPS) is 10.9. The van der Waals surface area contributed by atoms with Crippen LogP contribution in [0.1, 0.15) is 5.01 Å². The van der Waals surface area contributed by atoms with Gasteiger partial charge in [-0.3, -0.25) is 0 Å². The molecule has 0 amide bonds. The van der Waals surface area contributed by atoms with E-state index in [1.807, 2.05) is 18.2 Å². The minimum Gasteiger partial charge on any atom is -0.376 e. The number of halogens is 3. The molecule has 0 saturated carbocycles. The number of thiazole rings is 1. The Labute approximate surface area is 135 Å². The Morgan fingerprint density at radius 3 is 2.45 bits per heavy atom. The summed E-state index contributed by atoms with van der Waals surface area (Å²) in [4.78, 5) is 4.55. The lowest BCUT2D eigenvalue weighted by molar-refractivity contribution is 1.12. The average Bonchev–Trinajstić information content (AvgIpc) is 2.80. The van der Waals surface area contributed by atoms with Gasteiger partial charge in [-0.15, -0.1) is 11.3 Å². The highest BCUT2D eigenvalue weighted by Gasteiger charge is 2.09. The van der Waals surface area contributed by atoms with Gasteiger partial charge >= 0.3 is 0 Å². The van der Waals surface area contributed by atoms with E-state index in [1.54, 1.807) is 23.5 Å². The fourth-order valence-corrected chi connectivity index (χ4v) is 3.73. The fraction of sp³-hybridized carbons (Fsp3) is 0.0714. The number of fused-ring (bicyclic) bond motifs is 1. The third-order valence-electron chi connectivity index (χ3n) is 2.76. The van der Waals surface area contributed by atoms with Crippen molar-refractivity contribution in [2.24, 2.45) is 0 Å². The van der Waals surface area contributed by atoms with Gasteiger partial charge in [0.25, 0.3) is 0 Å². The first-order valence-corrected chi connectivity index (χ1v) is 7.81. The predicted molar refractivity (Wildman–Crippen MR) is 88.4 cm³/mol. The van der Waals surface area contributed by atoms with Crippen LogP contribution in [0.2, 0.25) is 15.1 Å². The van der Waals surface area contributed by atoms with Crippen LogP contribution >= 0.6 is 46.1 Å². The number of nitrogens with zero attached hydrogens (tertiary/aromatic N) is 1. The van der Waals surface area contributed by atoms with Gasteiger partial charge in [0.05, 0.1) is 32.5 Å². The molecule has 0 aliphatic rings. The number of benzene rings is 2. The van der Waals surface area contributed by atoms with E-state index in [2.05, 4.69) is 16.4 Å². The zero-order valence-corrected chi connectivity index (χ0v) is 13.2. The van der Waals surface area contributed by atoms with Crippen LogP contribution in [0.15, 0.2) is 36.4 Å².